The maximum absolute atomic E-state index is 12.5. The van der Waals surface area contributed by atoms with Crippen molar-refractivity contribution in [3.8, 4) is 0 Å². The molecule has 34 heavy (non-hydrogen) atoms. The predicted octanol–water partition coefficient (Wildman–Crippen LogP) is -4.33. The van der Waals surface area contributed by atoms with Gasteiger partial charge in [-0.3, -0.25) is 24.0 Å². The molecule has 0 aromatic rings. The van der Waals surface area contributed by atoms with Crippen LogP contribution in [0, 0.1) is 0 Å². The molecule has 0 saturated carbocycles. The molecule has 1 aliphatic heterocycles. The summed E-state index contributed by atoms with van der Waals surface area (Å²) in [5.41, 5.74) is 5.16. The highest BCUT2D eigenvalue weighted by Gasteiger charge is 2.47. The van der Waals surface area contributed by atoms with E-state index in [4.69, 9.17) is 20.3 Å². The number of hydrogen-bond donors (Lipinski definition) is 8. The molecule has 0 radical (unpaired) electrons. The standard InChI is InChI=1S/C19H32N4O11/c1-7(17(30)23-10(16(20)29)4-5-12(26)27)21-18(31)8(2)33-15-13(22-9(3)25)19(32)34-11(6-24)14(15)28/h7-8,10-11,13-15,19,24,28,32H,4-6H2,1-3H3,(H2,20,29)(H,21,31)(H,22,25)(H,23,30)(H,26,27)/t7-,8-,10+,11-,13+,14+,15-,19-/m1/s1. The van der Waals surface area contributed by atoms with Gasteiger partial charge in [0, 0.05) is 13.3 Å². The van der Waals surface area contributed by atoms with Crippen molar-refractivity contribution in [3.05, 3.63) is 0 Å². The van der Waals surface area contributed by atoms with Crippen LogP contribution in [0.1, 0.15) is 33.6 Å². The monoisotopic (exact) mass is 492 g/mol. The Kier molecular flexibility index (Phi) is 11.3. The summed E-state index contributed by atoms with van der Waals surface area (Å²) in [7, 11) is 0. The van der Waals surface area contributed by atoms with Crippen LogP contribution in [-0.2, 0) is 33.4 Å². The lowest BCUT2D eigenvalue weighted by Gasteiger charge is -2.43. The zero-order valence-electron chi connectivity index (χ0n) is 19.0. The molecule has 0 aromatic heterocycles. The minimum atomic E-state index is -1.65. The van der Waals surface area contributed by atoms with Gasteiger partial charge in [-0.1, -0.05) is 0 Å². The average Bonchev–Trinajstić information content (AvgIpc) is 2.74. The summed E-state index contributed by atoms with van der Waals surface area (Å²) in [4.78, 5) is 58.4. The summed E-state index contributed by atoms with van der Waals surface area (Å²) < 4.78 is 10.6. The summed E-state index contributed by atoms with van der Waals surface area (Å²) >= 11 is 0. The number of carbonyl (C=O) groups is 5. The molecule has 1 fully saturated rings. The Labute approximate surface area is 195 Å². The number of carboxylic acid groups (broad SMARTS) is 1. The Morgan fingerprint density at radius 2 is 1.71 bits per heavy atom. The van der Waals surface area contributed by atoms with Crippen molar-refractivity contribution in [1.29, 1.82) is 0 Å². The number of rotatable bonds is 12. The quantitative estimate of drug-likeness (QED) is 0.129. The van der Waals surface area contributed by atoms with Gasteiger partial charge in [0.15, 0.2) is 6.29 Å². The van der Waals surface area contributed by atoms with Crippen molar-refractivity contribution in [2.75, 3.05) is 6.61 Å². The molecular formula is C19H32N4O11. The maximum atomic E-state index is 12.5. The highest BCUT2D eigenvalue weighted by Crippen LogP contribution is 2.23. The van der Waals surface area contributed by atoms with E-state index in [-0.39, 0.29) is 6.42 Å². The number of aliphatic hydroxyl groups is 3. The number of hydrogen-bond acceptors (Lipinski definition) is 10. The molecule has 1 saturated heterocycles. The molecule has 15 heteroatoms. The predicted molar refractivity (Wildman–Crippen MR) is 112 cm³/mol. The van der Waals surface area contributed by atoms with Gasteiger partial charge in [-0.2, -0.15) is 0 Å². The fraction of sp³-hybridized carbons (Fsp3) is 0.737. The largest absolute Gasteiger partial charge is 0.481 e. The second-order valence-corrected chi connectivity index (χ2v) is 7.83. The summed E-state index contributed by atoms with van der Waals surface area (Å²) in [5.74, 6) is -4.34. The highest BCUT2D eigenvalue weighted by molar-refractivity contribution is 5.92. The Balaban J connectivity index is 2.80. The molecule has 0 spiro atoms. The summed E-state index contributed by atoms with van der Waals surface area (Å²) in [5, 5.41) is 45.5. The van der Waals surface area contributed by atoms with Gasteiger partial charge < -0.3 is 51.6 Å². The molecule has 0 aromatic carbocycles. The molecule has 1 heterocycles. The minimum Gasteiger partial charge on any atom is -0.481 e. The molecule has 0 aliphatic carbocycles. The van der Waals surface area contributed by atoms with Gasteiger partial charge in [0.2, 0.25) is 23.6 Å². The number of amides is 4. The Morgan fingerprint density at radius 1 is 1.09 bits per heavy atom. The molecule has 15 nitrogen and oxygen atoms in total. The lowest BCUT2D eigenvalue weighted by Crippen LogP contribution is -2.65. The fourth-order valence-electron chi connectivity index (χ4n) is 3.18. The van der Waals surface area contributed by atoms with Crippen LogP contribution < -0.4 is 21.7 Å². The molecule has 0 unspecified atom stereocenters. The first-order valence-corrected chi connectivity index (χ1v) is 10.4. The summed E-state index contributed by atoms with van der Waals surface area (Å²) in [6.45, 7) is 3.06. The first kappa shape index (κ1) is 29.2. The smallest absolute Gasteiger partial charge is 0.303 e. The molecule has 8 atom stereocenters. The van der Waals surface area contributed by atoms with Crippen LogP contribution in [0.15, 0.2) is 0 Å². The van der Waals surface area contributed by atoms with Crippen LogP contribution in [-0.4, -0.2) is 105 Å². The maximum Gasteiger partial charge on any atom is 0.303 e. The first-order chi connectivity index (χ1) is 15.8. The molecule has 0 bridgehead atoms. The fourth-order valence-corrected chi connectivity index (χ4v) is 3.18. The van der Waals surface area contributed by atoms with Crippen molar-refractivity contribution in [2.45, 2.75) is 82.4 Å². The normalized spacial score (nSPS) is 27.1. The zero-order valence-corrected chi connectivity index (χ0v) is 19.0. The molecular weight excluding hydrogens is 460 g/mol. The third-order valence-electron chi connectivity index (χ3n) is 5.03. The zero-order chi connectivity index (χ0) is 26.2. The van der Waals surface area contributed by atoms with Crippen molar-refractivity contribution >= 4 is 29.6 Å². The van der Waals surface area contributed by atoms with E-state index >= 15 is 0 Å². The second-order valence-electron chi connectivity index (χ2n) is 7.83. The van der Waals surface area contributed by atoms with Gasteiger partial charge in [0.25, 0.3) is 0 Å². The Hall–Kier alpha value is -2.85. The number of nitrogens with two attached hydrogens (primary N) is 1. The van der Waals surface area contributed by atoms with E-state index in [0.29, 0.717) is 0 Å². The van der Waals surface area contributed by atoms with E-state index < -0.39 is 91.5 Å². The van der Waals surface area contributed by atoms with Crippen LogP contribution >= 0.6 is 0 Å². The van der Waals surface area contributed by atoms with E-state index in [0.717, 1.165) is 6.92 Å². The van der Waals surface area contributed by atoms with Gasteiger partial charge in [-0.05, 0) is 20.3 Å². The summed E-state index contributed by atoms with van der Waals surface area (Å²) in [6, 6.07) is -3.71. The van der Waals surface area contributed by atoms with Crippen LogP contribution in [0.25, 0.3) is 0 Å². The Bertz CT molecular complexity index is 765. The van der Waals surface area contributed by atoms with Crippen LogP contribution in [0.4, 0.5) is 0 Å². The van der Waals surface area contributed by atoms with Crippen LogP contribution in [0.5, 0.6) is 0 Å². The summed E-state index contributed by atoms with van der Waals surface area (Å²) in [6.07, 6.45) is -7.74. The average molecular weight is 492 g/mol. The number of carbonyl (C=O) groups excluding carboxylic acids is 4. The first-order valence-electron chi connectivity index (χ1n) is 10.4. The Morgan fingerprint density at radius 3 is 2.21 bits per heavy atom. The number of nitrogens with one attached hydrogen (secondary N) is 3. The van der Waals surface area contributed by atoms with Crippen LogP contribution in [0.2, 0.25) is 0 Å². The SMILES string of the molecule is CC(=O)N[C@H]1[C@@H](O[C@H](C)C(=O)N[C@H](C)C(=O)N[C@@H](CCC(=O)O)C(N)=O)[C@@H](O)[C@@H](CO)O[C@H]1O. The number of ether oxygens (including phenoxy) is 2. The second kappa shape index (κ2) is 13.1. The van der Waals surface area contributed by atoms with Gasteiger partial charge in [0.05, 0.1) is 6.61 Å². The highest BCUT2D eigenvalue weighted by atomic mass is 16.6. The topological polar surface area (TPSA) is 247 Å². The number of aliphatic hydroxyl groups excluding tert-OH is 3. The van der Waals surface area contributed by atoms with E-state index in [9.17, 15) is 39.3 Å². The van der Waals surface area contributed by atoms with Crippen molar-refractivity contribution in [1.82, 2.24) is 16.0 Å². The molecule has 4 amide bonds. The van der Waals surface area contributed by atoms with Gasteiger partial charge in [-0.15, -0.1) is 0 Å². The third-order valence-corrected chi connectivity index (χ3v) is 5.03. The number of carboxylic acids is 1. The van der Waals surface area contributed by atoms with Gasteiger partial charge in [0.1, 0.15) is 42.5 Å². The number of aliphatic carboxylic acids is 1. The molecule has 194 valence electrons. The van der Waals surface area contributed by atoms with E-state index in [1.165, 1.54) is 13.8 Å². The lowest BCUT2D eigenvalue weighted by atomic mass is 9.96. The van der Waals surface area contributed by atoms with Gasteiger partial charge >= 0.3 is 5.97 Å². The lowest BCUT2D eigenvalue weighted by molar-refractivity contribution is -0.266. The van der Waals surface area contributed by atoms with E-state index in [1.54, 1.807) is 0 Å². The van der Waals surface area contributed by atoms with E-state index in [2.05, 4.69) is 16.0 Å². The molecule has 1 rings (SSSR count). The molecule has 9 N–H and O–H groups in total. The van der Waals surface area contributed by atoms with Crippen molar-refractivity contribution < 1.29 is 53.9 Å². The van der Waals surface area contributed by atoms with E-state index in [1.807, 2.05) is 0 Å². The van der Waals surface area contributed by atoms with Crippen molar-refractivity contribution in [3.63, 3.8) is 0 Å². The minimum absolute atomic E-state index is 0.239. The van der Waals surface area contributed by atoms with Crippen molar-refractivity contribution in [2.24, 2.45) is 5.73 Å². The molecule has 1 aliphatic rings. The number of primary amides is 1. The van der Waals surface area contributed by atoms with Gasteiger partial charge in [-0.25, -0.2) is 0 Å². The van der Waals surface area contributed by atoms with Crippen LogP contribution in [0.3, 0.4) is 0 Å². The third kappa shape index (κ3) is 8.49.